The van der Waals surface area contributed by atoms with E-state index >= 15 is 0 Å². The van der Waals surface area contributed by atoms with Gasteiger partial charge in [0.15, 0.2) is 0 Å². The molecule has 1 N–H and O–H groups in total. The minimum Gasteiger partial charge on any atom is -0.478 e. The van der Waals surface area contributed by atoms with Crippen molar-refractivity contribution in [2.75, 3.05) is 19.7 Å². The van der Waals surface area contributed by atoms with Crippen molar-refractivity contribution in [3.8, 4) is 6.07 Å². The quantitative estimate of drug-likeness (QED) is 0.841. The second-order valence-corrected chi connectivity index (χ2v) is 7.02. The summed E-state index contributed by atoms with van der Waals surface area (Å²) in [4.78, 5) is 12.3. The molecule has 1 aliphatic rings. The first-order valence-corrected chi connectivity index (χ1v) is 9.05. The highest BCUT2D eigenvalue weighted by Crippen LogP contribution is 2.18. The van der Waals surface area contributed by atoms with Crippen LogP contribution in [-0.4, -0.2) is 38.3 Å². The lowest BCUT2D eigenvalue weighted by Gasteiger charge is -2.18. The Hall–Kier alpha value is -2.37. The molecule has 1 aromatic carbocycles. The third-order valence-electron chi connectivity index (χ3n) is 3.69. The second kappa shape index (κ2) is 7.47. The Bertz CT molecular complexity index is 788. The number of rotatable bonds is 6. The van der Waals surface area contributed by atoms with Crippen LogP contribution in [0.5, 0.6) is 0 Å². The molecule has 0 aliphatic carbocycles. The van der Waals surface area contributed by atoms with E-state index < -0.39 is 15.9 Å². The fraction of sp³-hybridized carbons (Fsp3) is 0.375. The number of hydrogen-bond donors (Lipinski definition) is 1. The highest BCUT2D eigenvalue weighted by molar-refractivity contribution is 7.89. The Balaban J connectivity index is 2.18. The summed E-state index contributed by atoms with van der Waals surface area (Å²) < 4.78 is 31.4. The molecule has 0 bridgehead atoms. The van der Waals surface area contributed by atoms with Gasteiger partial charge >= 0.3 is 0 Å². The average molecular weight is 349 g/mol. The first-order valence-electron chi connectivity index (χ1n) is 7.61. The van der Waals surface area contributed by atoms with Gasteiger partial charge in [-0.15, -0.1) is 0 Å². The number of amides is 1. The Kier molecular flexibility index (Phi) is 5.59. The van der Waals surface area contributed by atoms with Crippen LogP contribution in [0.1, 0.15) is 30.6 Å². The summed E-state index contributed by atoms with van der Waals surface area (Å²) in [6.07, 6.45) is 0.465. The monoisotopic (exact) mass is 349 g/mol. The largest absolute Gasteiger partial charge is 0.478 e. The lowest BCUT2D eigenvalue weighted by atomic mass is 10.2. The smallest absolute Gasteiger partial charge is 0.257 e. The van der Waals surface area contributed by atoms with E-state index in [0.29, 0.717) is 31.7 Å². The van der Waals surface area contributed by atoms with Crippen LogP contribution in [0.25, 0.3) is 0 Å². The van der Waals surface area contributed by atoms with Gasteiger partial charge in [-0.25, -0.2) is 8.42 Å². The molecule has 0 fully saturated rings. The lowest BCUT2D eigenvalue weighted by molar-refractivity contribution is 0.0930. The van der Waals surface area contributed by atoms with Crippen LogP contribution in [0.15, 0.2) is 40.6 Å². The maximum absolute atomic E-state index is 12.4. The van der Waals surface area contributed by atoms with Crippen LogP contribution >= 0.6 is 0 Å². The van der Waals surface area contributed by atoms with Gasteiger partial charge < -0.3 is 4.74 Å². The van der Waals surface area contributed by atoms with Crippen molar-refractivity contribution in [2.24, 2.45) is 0 Å². The van der Waals surface area contributed by atoms with Gasteiger partial charge in [-0.3, -0.25) is 10.1 Å². The van der Waals surface area contributed by atoms with Gasteiger partial charge in [-0.1, -0.05) is 13.8 Å². The van der Waals surface area contributed by atoms with Crippen molar-refractivity contribution in [2.45, 2.75) is 25.2 Å². The van der Waals surface area contributed by atoms with Crippen molar-refractivity contribution < 1.29 is 17.9 Å². The van der Waals surface area contributed by atoms with Gasteiger partial charge in [-0.05, 0) is 24.3 Å². The Morgan fingerprint density at radius 2 is 1.92 bits per heavy atom. The third kappa shape index (κ3) is 3.58. The fourth-order valence-electron chi connectivity index (χ4n) is 2.34. The molecule has 0 spiro atoms. The van der Waals surface area contributed by atoms with Crippen molar-refractivity contribution in [1.82, 2.24) is 9.62 Å². The molecule has 8 heteroatoms. The number of ether oxygens (including phenoxy) is 1. The van der Waals surface area contributed by atoms with E-state index in [9.17, 15) is 13.2 Å². The second-order valence-electron chi connectivity index (χ2n) is 5.09. The van der Waals surface area contributed by atoms with Crippen LogP contribution in [-0.2, 0) is 14.8 Å². The Morgan fingerprint density at radius 1 is 1.29 bits per heavy atom. The van der Waals surface area contributed by atoms with Crippen LogP contribution in [0, 0.1) is 11.3 Å². The van der Waals surface area contributed by atoms with Gasteiger partial charge in [0.25, 0.3) is 5.91 Å². The molecule has 0 saturated carbocycles. The van der Waals surface area contributed by atoms with Crippen LogP contribution in [0.3, 0.4) is 0 Å². The van der Waals surface area contributed by atoms with Crippen LogP contribution in [0.2, 0.25) is 0 Å². The van der Waals surface area contributed by atoms with E-state index in [2.05, 4.69) is 5.32 Å². The normalized spacial score (nSPS) is 14.4. The first kappa shape index (κ1) is 18.0. The number of sulfonamides is 1. The van der Waals surface area contributed by atoms with Gasteiger partial charge in [0.05, 0.1) is 17.1 Å². The molecule has 24 heavy (non-hydrogen) atoms. The fourth-order valence-corrected chi connectivity index (χ4v) is 3.80. The predicted molar refractivity (Wildman–Crippen MR) is 87.2 cm³/mol. The number of carbonyl (C=O) groups excluding carboxylic acids is 1. The third-order valence-corrected chi connectivity index (χ3v) is 5.76. The molecule has 0 aromatic heterocycles. The number of carbonyl (C=O) groups is 1. The van der Waals surface area contributed by atoms with Crippen molar-refractivity contribution in [3.63, 3.8) is 0 Å². The number of nitriles is 1. The summed E-state index contributed by atoms with van der Waals surface area (Å²) in [6, 6.07) is 7.66. The van der Waals surface area contributed by atoms with E-state index in [1.165, 1.54) is 28.6 Å². The van der Waals surface area contributed by atoms with Crippen molar-refractivity contribution >= 4 is 15.9 Å². The summed E-state index contributed by atoms with van der Waals surface area (Å²) in [5.74, 6) is -0.284. The van der Waals surface area contributed by atoms with E-state index in [4.69, 9.17) is 10.00 Å². The maximum atomic E-state index is 12.4. The van der Waals surface area contributed by atoms with Crippen molar-refractivity contribution in [3.05, 3.63) is 41.3 Å². The Labute approximate surface area is 141 Å². The molecule has 1 aromatic rings. The van der Waals surface area contributed by atoms with Crippen molar-refractivity contribution in [1.29, 1.82) is 5.26 Å². The molecular formula is C16H19N3O4S. The molecule has 2 rings (SSSR count). The molecule has 1 amide bonds. The summed E-state index contributed by atoms with van der Waals surface area (Å²) in [5, 5.41) is 11.5. The number of nitrogens with one attached hydrogen (secondary N) is 1. The maximum Gasteiger partial charge on any atom is 0.257 e. The van der Waals surface area contributed by atoms with Gasteiger partial charge in [0.2, 0.25) is 15.9 Å². The number of benzene rings is 1. The zero-order valence-electron chi connectivity index (χ0n) is 13.6. The van der Waals surface area contributed by atoms with Crippen LogP contribution in [0.4, 0.5) is 0 Å². The highest BCUT2D eigenvalue weighted by Gasteiger charge is 2.22. The van der Waals surface area contributed by atoms with Gasteiger partial charge in [-0.2, -0.15) is 9.57 Å². The predicted octanol–water partition coefficient (Wildman–Crippen LogP) is 1.60. The molecule has 0 radical (unpaired) electrons. The molecule has 1 aliphatic heterocycles. The molecule has 0 unspecified atom stereocenters. The van der Waals surface area contributed by atoms with Crippen LogP contribution < -0.4 is 5.32 Å². The molecule has 7 nitrogen and oxygen atoms in total. The summed E-state index contributed by atoms with van der Waals surface area (Å²) in [7, 11) is -3.55. The van der Waals surface area contributed by atoms with E-state index in [1.807, 2.05) is 6.07 Å². The molecule has 0 atom stereocenters. The summed E-state index contributed by atoms with van der Waals surface area (Å²) >= 11 is 0. The van der Waals surface area contributed by atoms with E-state index in [0.717, 1.165) is 0 Å². The number of nitrogens with zero attached hydrogens (tertiary/aromatic N) is 2. The summed E-state index contributed by atoms with van der Waals surface area (Å²) in [6.45, 7) is 4.66. The topological polar surface area (TPSA) is 99.5 Å². The van der Waals surface area contributed by atoms with E-state index in [-0.39, 0.29) is 16.3 Å². The zero-order valence-corrected chi connectivity index (χ0v) is 14.4. The molecule has 1 heterocycles. The number of hydrogen-bond acceptors (Lipinski definition) is 5. The molecule has 128 valence electrons. The summed E-state index contributed by atoms with van der Waals surface area (Å²) in [5.41, 5.74) is 0.679. The molecular weight excluding hydrogens is 330 g/mol. The minimum atomic E-state index is -3.55. The van der Waals surface area contributed by atoms with E-state index in [1.54, 1.807) is 13.8 Å². The standard InChI is InChI=1S/C16H19N3O4S/c1-3-19(4-2)24(21,22)14-7-5-12(6-8-14)15(20)18-16-13(11-17)9-10-23-16/h5-8H,3-4,9-10H2,1-2H3,(H,18,20). The highest BCUT2D eigenvalue weighted by atomic mass is 32.2. The zero-order chi connectivity index (χ0) is 17.7. The van der Waals surface area contributed by atoms with Gasteiger partial charge in [0.1, 0.15) is 6.07 Å². The minimum absolute atomic E-state index is 0.136. The molecule has 0 saturated heterocycles. The average Bonchev–Trinajstić information content (AvgIpc) is 3.03. The van der Waals surface area contributed by atoms with Gasteiger partial charge in [0, 0.05) is 25.1 Å². The first-order chi connectivity index (χ1) is 11.4. The SMILES string of the molecule is CCN(CC)S(=O)(=O)c1ccc(C(=O)NC2=C(C#N)CCO2)cc1. The lowest BCUT2D eigenvalue weighted by Crippen LogP contribution is -2.30. The Morgan fingerprint density at radius 3 is 2.46 bits per heavy atom.